The molecule has 3 rings (SSSR count). The first-order valence-corrected chi connectivity index (χ1v) is 5.99. The maximum Gasteiger partial charge on any atom is -0.0136 e. The van der Waals surface area contributed by atoms with E-state index in [0.717, 1.165) is 0 Å². The predicted molar refractivity (Wildman–Crippen MR) is 69.7 cm³/mol. The van der Waals surface area contributed by atoms with Gasteiger partial charge in [-0.15, -0.1) is 0 Å². The molecule has 0 aromatic heterocycles. The first-order chi connectivity index (χ1) is 7.83. The number of benzene rings is 2. The van der Waals surface area contributed by atoms with Crippen molar-refractivity contribution in [1.82, 2.24) is 0 Å². The lowest BCUT2D eigenvalue weighted by molar-refractivity contribution is 0.976. The lowest BCUT2D eigenvalue weighted by Crippen LogP contribution is -1.87. The van der Waals surface area contributed by atoms with Crippen LogP contribution in [0.2, 0.25) is 0 Å². The molecule has 0 fully saturated rings. The maximum atomic E-state index is 2.33. The highest BCUT2D eigenvalue weighted by molar-refractivity contribution is 5.86. The van der Waals surface area contributed by atoms with Gasteiger partial charge in [-0.05, 0) is 42.5 Å². The minimum atomic E-state index is 1.19. The zero-order chi connectivity index (χ0) is 11.0. The minimum Gasteiger partial charge on any atom is -0.0809 e. The van der Waals surface area contributed by atoms with Crippen molar-refractivity contribution in [3.05, 3.63) is 59.2 Å². The van der Waals surface area contributed by atoms with Gasteiger partial charge in [-0.1, -0.05) is 53.6 Å². The molecule has 0 heteroatoms. The van der Waals surface area contributed by atoms with Gasteiger partial charge in [0.25, 0.3) is 0 Å². The van der Waals surface area contributed by atoms with Crippen LogP contribution < -0.4 is 0 Å². The zero-order valence-corrected chi connectivity index (χ0v) is 9.66. The Morgan fingerprint density at radius 1 is 1.06 bits per heavy atom. The largest absolute Gasteiger partial charge is 0.0809 e. The maximum absolute atomic E-state index is 2.33. The molecule has 0 N–H and O–H groups in total. The van der Waals surface area contributed by atoms with E-state index in [1.54, 1.807) is 5.57 Å². The Morgan fingerprint density at radius 2 is 1.94 bits per heavy atom. The summed E-state index contributed by atoms with van der Waals surface area (Å²) in [7, 11) is 0. The van der Waals surface area contributed by atoms with Crippen molar-refractivity contribution in [2.24, 2.45) is 0 Å². The van der Waals surface area contributed by atoms with E-state index in [9.17, 15) is 0 Å². The first kappa shape index (κ1) is 9.65. The average molecular weight is 208 g/mol. The van der Waals surface area contributed by atoms with Gasteiger partial charge < -0.3 is 0 Å². The molecule has 0 saturated heterocycles. The van der Waals surface area contributed by atoms with Crippen LogP contribution >= 0.6 is 0 Å². The van der Waals surface area contributed by atoms with Crippen LogP contribution in [0.15, 0.2) is 48.0 Å². The summed E-state index contributed by atoms with van der Waals surface area (Å²) >= 11 is 0. The van der Waals surface area contributed by atoms with Crippen LogP contribution in [0.5, 0.6) is 0 Å². The molecule has 80 valence electrons. The van der Waals surface area contributed by atoms with Gasteiger partial charge in [0.15, 0.2) is 0 Å². The van der Waals surface area contributed by atoms with Gasteiger partial charge in [0.05, 0.1) is 0 Å². The van der Waals surface area contributed by atoms with Crippen molar-refractivity contribution in [2.45, 2.75) is 26.2 Å². The molecule has 0 atom stereocenters. The van der Waals surface area contributed by atoms with E-state index in [-0.39, 0.29) is 0 Å². The standard InChI is InChI=1S/C16H16/c1-12-5-9-14-3-2-4-15(16(14)11-12)10-8-13-6-7-13/h2-6,9,11H,7-8,10H2,1H3. The Morgan fingerprint density at radius 3 is 2.75 bits per heavy atom. The Hall–Kier alpha value is -1.56. The third-order valence-electron chi connectivity index (χ3n) is 3.34. The summed E-state index contributed by atoms with van der Waals surface area (Å²) in [6.45, 7) is 2.17. The first-order valence-electron chi connectivity index (χ1n) is 5.99. The van der Waals surface area contributed by atoms with Crippen LogP contribution in [0.25, 0.3) is 10.8 Å². The summed E-state index contributed by atoms with van der Waals surface area (Å²) in [5.74, 6) is 0. The van der Waals surface area contributed by atoms with Crippen molar-refractivity contribution >= 4 is 10.8 Å². The van der Waals surface area contributed by atoms with Gasteiger partial charge in [-0.3, -0.25) is 0 Å². The molecule has 0 nitrogen and oxygen atoms in total. The summed E-state index contributed by atoms with van der Waals surface area (Å²) < 4.78 is 0. The average Bonchev–Trinajstić information content (AvgIpc) is 3.10. The van der Waals surface area contributed by atoms with Gasteiger partial charge in [0.2, 0.25) is 0 Å². The van der Waals surface area contributed by atoms with Crippen LogP contribution in [-0.4, -0.2) is 0 Å². The van der Waals surface area contributed by atoms with E-state index < -0.39 is 0 Å². The van der Waals surface area contributed by atoms with Crippen molar-refractivity contribution in [1.29, 1.82) is 0 Å². The second-order valence-corrected chi connectivity index (χ2v) is 4.71. The molecule has 0 aliphatic heterocycles. The van der Waals surface area contributed by atoms with Gasteiger partial charge in [0, 0.05) is 0 Å². The third kappa shape index (κ3) is 1.88. The van der Waals surface area contributed by atoms with E-state index in [2.05, 4.69) is 49.4 Å². The lowest BCUT2D eigenvalue weighted by atomic mass is 9.99. The van der Waals surface area contributed by atoms with Gasteiger partial charge in [0.1, 0.15) is 0 Å². The van der Waals surface area contributed by atoms with Gasteiger partial charge in [-0.2, -0.15) is 0 Å². The van der Waals surface area contributed by atoms with Crippen LogP contribution in [0, 0.1) is 6.92 Å². The molecule has 2 aromatic carbocycles. The van der Waals surface area contributed by atoms with Crippen LogP contribution in [-0.2, 0) is 6.42 Å². The molecule has 0 spiro atoms. The number of fused-ring (bicyclic) bond motifs is 1. The van der Waals surface area contributed by atoms with Crippen molar-refractivity contribution in [2.75, 3.05) is 0 Å². The second kappa shape index (κ2) is 3.79. The van der Waals surface area contributed by atoms with Crippen LogP contribution in [0.3, 0.4) is 0 Å². The lowest BCUT2D eigenvalue weighted by Gasteiger charge is -2.06. The number of allylic oxidation sites excluding steroid dienone is 2. The van der Waals surface area contributed by atoms with Gasteiger partial charge in [-0.25, -0.2) is 0 Å². The molecule has 0 radical (unpaired) electrons. The molecular weight excluding hydrogens is 192 g/mol. The zero-order valence-electron chi connectivity index (χ0n) is 9.66. The normalized spacial score (nSPS) is 13.9. The Balaban J connectivity index is 2.00. The fraction of sp³-hybridized carbons (Fsp3) is 0.250. The fourth-order valence-corrected chi connectivity index (χ4v) is 2.24. The molecular formula is C16H16. The van der Waals surface area contributed by atoms with Crippen molar-refractivity contribution in [3.8, 4) is 0 Å². The molecule has 2 aromatic rings. The molecule has 1 aliphatic carbocycles. The number of aryl methyl sites for hydroxylation is 2. The van der Waals surface area contributed by atoms with E-state index >= 15 is 0 Å². The molecule has 0 saturated carbocycles. The van der Waals surface area contributed by atoms with E-state index in [0.29, 0.717) is 0 Å². The van der Waals surface area contributed by atoms with E-state index in [1.807, 2.05) is 0 Å². The van der Waals surface area contributed by atoms with Crippen LogP contribution in [0.1, 0.15) is 24.0 Å². The molecule has 0 unspecified atom stereocenters. The van der Waals surface area contributed by atoms with E-state index in [1.165, 1.54) is 41.2 Å². The highest BCUT2D eigenvalue weighted by Gasteiger charge is 2.08. The highest BCUT2D eigenvalue weighted by Crippen LogP contribution is 2.27. The van der Waals surface area contributed by atoms with Gasteiger partial charge >= 0.3 is 0 Å². The quantitative estimate of drug-likeness (QED) is 0.655. The van der Waals surface area contributed by atoms with Crippen molar-refractivity contribution < 1.29 is 0 Å². The molecule has 0 heterocycles. The Labute approximate surface area is 96.6 Å². The number of hydrogen-bond acceptors (Lipinski definition) is 0. The number of rotatable bonds is 3. The van der Waals surface area contributed by atoms with Crippen molar-refractivity contribution in [3.63, 3.8) is 0 Å². The smallest absolute Gasteiger partial charge is 0.0136 e. The summed E-state index contributed by atoms with van der Waals surface area (Å²) in [6.07, 6.45) is 6.01. The molecule has 0 amide bonds. The highest BCUT2D eigenvalue weighted by atomic mass is 14.1. The Kier molecular flexibility index (Phi) is 2.28. The topological polar surface area (TPSA) is 0 Å². The number of hydrogen-bond donors (Lipinski definition) is 0. The fourth-order valence-electron chi connectivity index (χ4n) is 2.24. The third-order valence-corrected chi connectivity index (χ3v) is 3.34. The second-order valence-electron chi connectivity index (χ2n) is 4.71. The summed E-state index contributed by atoms with van der Waals surface area (Å²) in [6, 6.07) is 13.4. The Bertz CT molecular complexity index is 561. The SMILES string of the molecule is Cc1ccc2cccc(CCC3=CC3)c2c1. The van der Waals surface area contributed by atoms with E-state index in [4.69, 9.17) is 0 Å². The summed E-state index contributed by atoms with van der Waals surface area (Å²) in [5.41, 5.74) is 4.48. The van der Waals surface area contributed by atoms with Crippen LogP contribution in [0.4, 0.5) is 0 Å². The monoisotopic (exact) mass is 208 g/mol. The molecule has 1 aliphatic rings. The summed E-state index contributed by atoms with van der Waals surface area (Å²) in [5, 5.41) is 2.80. The molecule has 16 heavy (non-hydrogen) atoms. The molecule has 0 bridgehead atoms. The minimum absolute atomic E-state index is 1.19. The predicted octanol–water partition coefficient (Wildman–Crippen LogP) is 4.41. The summed E-state index contributed by atoms with van der Waals surface area (Å²) in [4.78, 5) is 0.